The summed E-state index contributed by atoms with van der Waals surface area (Å²) in [7, 11) is 1.64. The van der Waals surface area contributed by atoms with Crippen molar-refractivity contribution in [3.8, 4) is 0 Å². The summed E-state index contributed by atoms with van der Waals surface area (Å²) in [6.07, 6.45) is 2.87. The molecule has 1 aliphatic carbocycles. The molecule has 0 bridgehead atoms. The molecule has 1 aromatic rings. The Morgan fingerprint density at radius 3 is 2.90 bits per heavy atom. The first-order valence-corrected chi connectivity index (χ1v) is 7.19. The van der Waals surface area contributed by atoms with Crippen molar-refractivity contribution >= 4 is 17.6 Å². The molecule has 0 radical (unpaired) electrons. The lowest BCUT2D eigenvalue weighted by molar-refractivity contribution is -0.137. The van der Waals surface area contributed by atoms with E-state index < -0.39 is 0 Å². The van der Waals surface area contributed by atoms with Crippen LogP contribution >= 0.6 is 0 Å². The normalized spacial score (nSPS) is 21.3. The van der Waals surface area contributed by atoms with E-state index in [1.807, 2.05) is 0 Å². The Bertz CT molecular complexity index is 514. The zero-order chi connectivity index (χ0) is 15.4. The number of hydrogen-bond donors (Lipinski definition) is 2. The van der Waals surface area contributed by atoms with Crippen molar-refractivity contribution in [2.75, 3.05) is 25.5 Å². The van der Waals surface area contributed by atoms with Gasteiger partial charge in [-0.25, -0.2) is 0 Å². The lowest BCUT2D eigenvalue weighted by Gasteiger charge is -2.23. The Kier molecular flexibility index (Phi) is 4.95. The second kappa shape index (κ2) is 6.71. The van der Waals surface area contributed by atoms with Gasteiger partial charge in [-0.05, 0) is 32.2 Å². The van der Waals surface area contributed by atoms with Crippen LogP contribution < -0.4 is 11.1 Å². The van der Waals surface area contributed by atoms with E-state index >= 15 is 0 Å². The number of carbonyl (C=O) groups excluding carboxylic acids is 2. The molecule has 1 heterocycles. The van der Waals surface area contributed by atoms with Gasteiger partial charge in [-0.3, -0.25) is 9.59 Å². The maximum absolute atomic E-state index is 12.4. The standard InChI is InChI=1S/C14H22N4O3/c1-9-6-12(17-21-9)16-13(19)8-18(2)14(20)11-5-3-4-10(11)7-15/h6,10-11H,3-5,7-8,15H2,1-2H3,(H,16,17,19)/t10-,11-/m1/s1. The van der Waals surface area contributed by atoms with Crippen LogP contribution in [0.4, 0.5) is 5.82 Å². The molecule has 1 aliphatic rings. The quantitative estimate of drug-likeness (QED) is 0.834. The van der Waals surface area contributed by atoms with Crippen molar-refractivity contribution in [2.24, 2.45) is 17.6 Å². The van der Waals surface area contributed by atoms with Crippen LogP contribution in [0.15, 0.2) is 10.6 Å². The molecular formula is C14H22N4O3. The molecule has 2 amide bonds. The molecule has 0 aromatic carbocycles. The number of hydrogen-bond acceptors (Lipinski definition) is 5. The molecule has 0 aliphatic heterocycles. The van der Waals surface area contributed by atoms with Crippen molar-refractivity contribution < 1.29 is 14.1 Å². The number of nitrogens with zero attached hydrogens (tertiary/aromatic N) is 2. The first kappa shape index (κ1) is 15.5. The van der Waals surface area contributed by atoms with Crippen LogP contribution in [0, 0.1) is 18.8 Å². The summed E-state index contributed by atoms with van der Waals surface area (Å²) in [6.45, 7) is 2.26. The number of likely N-dealkylation sites (N-methyl/N-ethyl adjacent to an activating group) is 1. The van der Waals surface area contributed by atoms with Gasteiger partial charge in [0.25, 0.3) is 0 Å². The van der Waals surface area contributed by atoms with Crippen molar-refractivity contribution in [2.45, 2.75) is 26.2 Å². The SMILES string of the molecule is Cc1cc(NC(=O)CN(C)C(=O)[C@@H]2CCC[C@@H]2CN)no1. The summed E-state index contributed by atoms with van der Waals surface area (Å²) in [6, 6.07) is 1.63. The van der Waals surface area contributed by atoms with Crippen molar-refractivity contribution in [1.29, 1.82) is 0 Å². The molecule has 1 aromatic heterocycles. The van der Waals surface area contributed by atoms with Crippen LogP contribution in [0.25, 0.3) is 0 Å². The number of amides is 2. The number of aromatic nitrogens is 1. The van der Waals surface area contributed by atoms with E-state index in [4.69, 9.17) is 10.3 Å². The lowest BCUT2D eigenvalue weighted by Crippen LogP contribution is -2.40. The smallest absolute Gasteiger partial charge is 0.245 e. The number of rotatable bonds is 5. The maximum atomic E-state index is 12.4. The third kappa shape index (κ3) is 3.81. The third-order valence-electron chi connectivity index (χ3n) is 3.93. The highest BCUT2D eigenvalue weighted by Gasteiger charge is 2.34. The van der Waals surface area contributed by atoms with Crippen LogP contribution in [-0.4, -0.2) is 42.0 Å². The molecule has 3 N–H and O–H groups in total. The Balaban J connectivity index is 1.86. The fourth-order valence-corrected chi connectivity index (χ4v) is 2.83. The Hall–Kier alpha value is -1.89. The number of anilines is 1. The van der Waals surface area contributed by atoms with Crippen molar-refractivity contribution in [3.05, 3.63) is 11.8 Å². The van der Waals surface area contributed by atoms with E-state index in [1.165, 1.54) is 4.90 Å². The third-order valence-corrected chi connectivity index (χ3v) is 3.93. The summed E-state index contributed by atoms with van der Waals surface area (Å²) in [5.41, 5.74) is 5.70. The first-order valence-electron chi connectivity index (χ1n) is 7.19. The van der Waals surface area contributed by atoms with Gasteiger partial charge < -0.3 is 20.5 Å². The van der Waals surface area contributed by atoms with E-state index in [-0.39, 0.29) is 30.2 Å². The average molecular weight is 294 g/mol. The largest absolute Gasteiger partial charge is 0.360 e. The highest BCUT2D eigenvalue weighted by atomic mass is 16.5. The minimum absolute atomic E-state index is 0.00146. The Morgan fingerprint density at radius 2 is 2.29 bits per heavy atom. The Morgan fingerprint density at radius 1 is 1.52 bits per heavy atom. The number of carbonyl (C=O) groups is 2. The van der Waals surface area contributed by atoms with Gasteiger partial charge in [0, 0.05) is 19.0 Å². The van der Waals surface area contributed by atoms with Crippen molar-refractivity contribution in [3.63, 3.8) is 0 Å². The monoisotopic (exact) mass is 294 g/mol. The topological polar surface area (TPSA) is 101 Å². The summed E-state index contributed by atoms with van der Waals surface area (Å²) in [5, 5.41) is 6.29. The van der Waals surface area contributed by atoms with Crippen LogP contribution in [0.2, 0.25) is 0 Å². The molecule has 1 fully saturated rings. The fourth-order valence-electron chi connectivity index (χ4n) is 2.83. The predicted molar refractivity (Wildman–Crippen MR) is 77.4 cm³/mol. The predicted octanol–water partition coefficient (Wildman–Crippen LogP) is 0.755. The molecule has 2 rings (SSSR count). The zero-order valence-electron chi connectivity index (χ0n) is 12.5. The molecule has 7 heteroatoms. The van der Waals surface area contributed by atoms with E-state index in [0.717, 1.165) is 19.3 Å². The highest BCUT2D eigenvalue weighted by Crippen LogP contribution is 2.32. The Labute approximate surface area is 123 Å². The molecule has 0 spiro atoms. The number of nitrogens with two attached hydrogens (primary N) is 1. The van der Waals surface area contributed by atoms with Gasteiger partial charge in [0.2, 0.25) is 11.8 Å². The van der Waals surface area contributed by atoms with Crippen LogP contribution in [-0.2, 0) is 9.59 Å². The maximum Gasteiger partial charge on any atom is 0.245 e. The lowest BCUT2D eigenvalue weighted by atomic mass is 9.95. The molecule has 116 valence electrons. The van der Waals surface area contributed by atoms with Crippen LogP contribution in [0.5, 0.6) is 0 Å². The zero-order valence-corrected chi connectivity index (χ0v) is 12.5. The van der Waals surface area contributed by atoms with E-state index in [2.05, 4.69) is 10.5 Å². The van der Waals surface area contributed by atoms with Gasteiger partial charge in [-0.1, -0.05) is 11.6 Å². The molecule has 2 atom stereocenters. The van der Waals surface area contributed by atoms with E-state index in [0.29, 0.717) is 18.1 Å². The van der Waals surface area contributed by atoms with Gasteiger partial charge in [-0.2, -0.15) is 0 Å². The molecule has 21 heavy (non-hydrogen) atoms. The number of nitrogens with one attached hydrogen (secondary N) is 1. The van der Waals surface area contributed by atoms with Gasteiger partial charge in [0.15, 0.2) is 5.82 Å². The highest BCUT2D eigenvalue weighted by molar-refractivity contribution is 5.94. The minimum Gasteiger partial charge on any atom is -0.360 e. The molecule has 7 nitrogen and oxygen atoms in total. The second-order valence-corrected chi connectivity index (χ2v) is 5.60. The minimum atomic E-state index is -0.290. The van der Waals surface area contributed by atoms with Gasteiger partial charge in [0.1, 0.15) is 5.76 Å². The van der Waals surface area contributed by atoms with Crippen molar-refractivity contribution in [1.82, 2.24) is 10.1 Å². The van der Waals surface area contributed by atoms with Gasteiger partial charge in [0.05, 0.1) is 6.54 Å². The fraction of sp³-hybridized carbons (Fsp3) is 0.643. The molecule has 1 saturated carbocycles. The molecular weight excluding hydrogens is 272 g/mol. The second-order valence-electron chi connectivity index (χ2n) is 5.60. The molecule has 0 saturated heterocycles. The van der Waals surface area contributed by atoms with Gasteiger partial charge in [-0.15, -0.1) is 0 Å². The van der Waals surface area contributed by atoms with Crippen LogP contribution in [0.3, 0.4) is 0 Å². The molecule has 0 unspecified atom stereocenters. The van der Waals surface area contributed by atoms with E-state index in [1.54, 1.807) is 20.0 Å². The van der Waals surface area contributed by atoms with Crippen LogP contribution in [0.1, 0.15) is 25.0 Å². The first-order chi connectivity index (χ1) is 10.0. The summed E-state index contributed by atoms with van der Waals surface area (Å²) >= 11 is 0. The van der Waals surface area contributed by atoms with Gasteiger partial charge >= 0.3 is 0 Å². The number of aryl methyl sites for hydroxylation is 1. The van der Waals surface area contributed by atoms with E-state index in [9.17, 15) is 9.59 Å². The summed E-state index contributed by atoms with van der Waals surface area (Å²) in [5.74, 6) is 0.865. The summed E-state index contributed by atoms with van der Waals surface area (Å²) < 4.78 is 4.87. The average Bonchev–Trinajstić information content (AvgIpc) is 3.06. The summed E-state index contributed by atoms with van der Waals surface area (Å²) in [4.78, 5) is 25.7.